The minimum absolute atomic E-state index is 0.166. The predicted octanol–water partition coefficient (Wildman–Crippen LogP) is 5.28. The minimum Gasteiger partial charge on any atom is -0.495 e. The lowest BCUT2D eigenvalue weighted by molar-refractivity contribution is 0.104. The zero-order valence-electron chi connectivity index (χ0n) is 19.6. The summed E-state index contributed by atoms with van der Waals surface area (Å²) >= 11 is 0. The SMILES string of the molecule is COc1ccc(C(=O)/C=C\Nc2cccc(/C=C/c3cc(OC)c(OC)c(OC)c3)c2)cc1N. The number of carbonyl (C=O) groups is 1. The Morgan fingerprint density at radius 1 is 0.794 bits per heavy atom. The zero-order valence-corrected chi connectivity index (χ0v) is 19.6. The standard InChI is InChI=1S/C27H28N2O5/c1-31-24-11-10-20(17-22(24)28)23(30)12-13-29-21-7-5-6-18(14-21)8-9-19-15-25(32-2)27(34-4)26(16-19)33-3/h5-17,29H,28H2,1-4H3/b9-8+,13-12-. The van der Waals surface area contributed by atoms with Gasteiger partial charge < -0.3 is 30.0 Å². The van der Waals surface area contributed by atoms with Gasteiger partial charge in [-0.25, -0.2) is 0 Å². The van der Waals surface area contributed by atoms with E-state index in [1.807, 2.05) is 48.6 Å². The fourth-order valence-corrected chi connectivity index (χ4v) is 3.32. The average molecular weight is 461 g/mol. The maximum absolute atomic E-state index is 12.4. The van der Waals surface area contributed by atoms with Crippen molar-refractivity contribution in [2.45, 2.75) is 0 Å². The molecule has 0 radical (unpaired) electrons. The van der Waals surface area contributed by atoms with E-state index >= 15 is 0 Å². The van der Waals surface area contributed by atoms with Gasteiger partial charge in [-0.15, -0.1) is 0 Å². The van der Waals surface area contributed by atoms with Crippen LogP contribution in [-0.2, 0) is 0 Å². The number of nitrogen functional groups attached to an aromatic ring is 1. The average Bonchev–Trinajstić information content (AvgIpc) is 2.86. The number of hydrogen-bond donors (Lipinski definition) is 2. The normalized spacial score (nSPS) is 10.9. The number of nitrogens with one attached hydrogen (secondary N) is 1. The number of hydrogen-bond acceptors (Lipinski definition) is 7. The van der Waals surface area contributed by atoms with Gasteiger partial charge in [0.05, 0.1) is 34.1 Å². The monoisotopic (exact) mass is 460 g/mol. The van der Waals surface area contributed by atoms with Crippen LogP contribution in [-0.4, -0.2) is 34.2 Å². The summed E-state index contributed by atoms with van der Waals surface area (Å²) in [4.78, 5) is 12.4. The van der Waals surface area contributed by atoms with E-state index in [9.17, 15) is 4.79 Å². The molecule has 3 aromatic rings. The van der Waals surface area contributed by atoms with E-state index in [2.05, 4.69) is 5.32 Å². The van der Waals surface area contributed by atoms with Crippen molar-refractivity contribution < 1.29 is 23.7 Å². The topological polar surface area (TPSA) is 92.0 Å². The molecular weight excluding hydrogens is 432 g/mol. The van der Waals surface area contributed by atoms with Gasteiger partial charge in [0.15, 0.2) is 17.3 Å². The molecule has 0 aliphatic heterocycles. The van der Waals surface area contributed by atoms with E-state index in [0.717, 1.165) is 16.8 Å². The van der Waals surface area contributed by atoms with Crippen LogP contribution in [0.15, 0.2) is 66.9 Å². The highest BCUT2D eigenvalue weighted by atomic mass is 16.5. The van der Waals surface area contributed by atoms with Crippen molar-refractivity contribution in [2.24, 2.45) is 0 Å². The summed E-state index contributed by atoms with van der Waals surface area (Å²) in [5, 5.41) is 3.12. The van der Waals surface area contributed by atoms with E-state index in [1.54, 1.807) is 45.7 Å². The van der Waals surface area contributed by atoms with Crippen LogP contribution >= 0.6 is 0 Å². The van der Waals surface area contributed by atoms with Gasteiger partial charge in [-0.2, -0.15) is 0 Å². The molecule has 0 amide bonds. The number of nitrogens with two attached hydrogens (primary N) is 1. The minimum atomic E-state index is -0.166. The van der Waals surface area contributed by atoms with Crippen LogP contribution in [0.2, 0.25) is 0 Å². The molecule has 0 aliphatic carbocycles. The maximum atomic E-state index is 12.4. The maximum Gasteiger partial charge on any atom is 0.203 e. The number of carbonyl (C=O) groups excluding carboxylic acids is 1. The van der Waals surface area contributed by atoms with Gasteiger partial charge in [0.2, 0.25) is 5.75 Å². The van der Waals surface area contributed by atoms with Gasteiger partial charge in [-0.3, -0.25) is 4.79 Å². The van der Waals surface area contributed by atoms with Gasteiger partial charge in [-0.1, -0.05) is 24.3 Å². The lowest BCUT2D eigenvalue weighted by Crippen LogP contribution is -1.99. The molecule has 0 saturated heterocycles. The number of benzene rings is 3. The summed E-state index contributed by atoms with van der Waals surface area (Å²) in [6.07, 6.45) is 6.99. The molecular formula is C27H28N2O5. The molecule has 3 N–H and O–H groups in total. The Labute approximate surface area is 199 Å². The molecule has 0 aliphatic rings. The van der Waals surface area contributed by atoms with Gasteiger partial charge in [0.1, 0.15) is 5.75 Å². The van der Waals surface area contributed by atoms with Crippen molar-refractivity contribution in [3.63, 3.8) is 0 Å². The molecule has 7 nitrogen and oxygen atoms in total. The van der Waals surface area contributed by atoms with Gasteiger partial charge >= 0.3 is 0 Å². The summed E-state index contributed by atoms with van der Waals surface area (Å²) in [5.74, 6) is 2.10. The van der Waals surface area contributed by atoms with Crippen LogP contribution in [0, 0.1) is 0 Å². The highest BCUT2D eigenvalue weighted by molar-refractivity contribution is 6.05. The molecule has 0 fully saturated rings. The summed E-state index contributed by atoms with van der Waals surface area (Å²) in [6, 6.07) is 16.5. The first-order valence-corrected chi connectivity index (χ1v) is 10.5. The number of methoxy groups -OCH3 is 4. The van der Waals surface area contributed by atoms with Gasteiger partial charge in [-0.05, 0) is 53.6 Å². The van der Waals surface area contributed by atoms with Crippen LogP contribution in [0.1, 0.15) is 21.5 Å². The molecule has 0 heterocycles. The van der Waals surface area contributed by atoms with Crippen LogP contribution in [0.4, 0.5) is 11.4 Å². The summed E-state index contributed by atoms with van der Waals surface area (Å²) in [7, 11) is 6.28. The highest BCUT2D eigenvalue weighted by Crippen LogP contribution is 2.38. The quantitative estimate of drug-likeness (QED) is 0.184. The lowest BCUT2D eigenvalue weighted by Gasteiger charge is -2.12. The number of rotatable bonds is 10. The van der Waals surface area contributed by atoms with Gasteiger partial charge in [0.25, 0.3) is 0 Å². The molecule has 3 rings (SSSR count). The number of allylic oxidation sites excluding steroid dienone is 1. The third-order valence-corrected chi connectivity index (χ3v) is 5.04. The van der Waals surface area contributed by atoms with E-state index in [4.69, 9.17) is 24.7 Å². The second-order valence-electron chi connectivity index (χ2n) is 7.22. The van der Waals surface area contributed by atoms with Crippen LogP contribution in [0.3, 0.4) is 0 Å². The summed E-state index contributed by atoms with van der Waals surface area (Å²) in [6.45, 7) is 0. The van der Waals surface area contributed by atoms with Crippen LogP contribution in [0.25, 0.3) is 12.2 Å². The first-order chi connectivity index (χ1) is 16.5. The Bertz CT molecular complexity index is 1190. The Morgan fingerprint density at radius 3 is 2.09 bits per heavy atom. The highest BCUT2D eigenvalue weighted by Gasteiger charge is 2.12. The molecule has 3 aromatic carbocycles. The Balaban J connectivity index is 1.70. The first kappa shape index (κ1) is 24.3. The van der Waals surface area contributed by atoms with Crippen molar-refractivity contribution in [1.29, 1.82) is 0 Å². The molecule has 0 unspecified atom stereocenters. The second-order valence-corrected chi connectivity index (χ2v) is 7.22. The molecule has 0 bridgehead atoms. The van der Waals surface area contributed by atoms with Crippen molar-refractivity contribution in [2.75, 3.05) is 39.5 Å². The number of ether oxygens (including phenoxy) is 4. The second kappa shape index (κ2) is 11.5. The summed E-state index contributed by atoms with van der Waals surface area (Å²) in [5.41, 5.74) is 9.49. The number of ketones is 1. The Morgan fingerprint density at radius 2 is 1.47 bits per heavy atom. The van der Waals surface area contributed by atoms with Crippen molar-refractivity contribution >= 4 is 29.3 Å². The molecule has 7 heteroatoms. The molecule has 0 spiro atoms. The number of anilines is 2. The Hall–Kier alpha value is -4.39. The largest absolute Gasteiger partial charge is 0.495 e. The first-order valence-electron chi connectivity index (χ1n) is 10.5. The Kier molecular flexibility index (Phi) is 8.18. The molecule has 0 atom stereocenters. The summed E-state index contributed by atoms with van der Waals surface area (Å²) < 4.78 is 21.3. The molecule has 0 aromatic heterocycles. The van der Waals surface area contributed by atoms with Crippen LogP contribution in [0.5, 0.6) is 23.0 Å². The predicted molar refractivity (Wildman–Crippen MR) is 136 cm³/mol. The molecule has 0 saturated carbocycles. The third-order valence-electron chi connectivity index (χ3n) is 5.04. The van der Waals surface area contributed by atoms with Crippen molar-refractivity contribution in [1.82, 2.24) is 0 Å². The molecule has 176 valence electrons. The van der Waals surface area contributed by atoms with E-state index in [1.165, 1.54) is 13.2 Å². The zero-order chi connectivity index (χ0) is 24.5. The lowest BCUT2D eigenvalue weighted by atomic mass is 10.1. The fourth-order valence-electron chi connectivity index (χ4n) is 3.32. The van der Waals surface area contributed by atoms with Crippen molar-refractivity contribution in [3.05, 3.63) is 83.6 Å². The fraction of sp³-hybridized carbons (Fsp3) is 0.148. The van der Waals surface area contributed by atoms with E-state index < -0.39 is 0 Å². The van der Waals surface area contributed by atoms with E-state index in [0.29, 0.717) is 34.2 Å². The van der Waals surface area contributed by atoms with Crippen LogP contribution < -0.4 is 30.0 Å². The third kappa shape index (κ3) is 5.89. The smallest absolute Gasteiger partial charge is 0.203 e. The van der Waals surface area contributed by atoms with Gasteiger partial charge in [0, 0.05) is 23.5 Å². The molecule has 34 heavy (non-hydrogen) atoms. The van der Waals surface area contributed by atoms with E-state index in [-0.39, 0.29) is 5.78 Å². The van der Waals surface area contributed by atoms with Crippen molar-refractivity contribution in [3.8, 4) is 23.0 Å².